The van der Waals surface area contributed by atoms with Gasteiger partial charge in [-0.1, -0.05) is 38.8 Å². The van der Waals surface area contributed by atoms with Crippen molar-refractivity contribution in [2.45, 2.75) is 57.6 Å². The third-order valence-electron chi connectivity index (χ3n) is 5.48. The Morgan fingerprint density at radius 3 is 2.54 bits per heavy atom. The highest BCUT2D eigenvalue weighted by Gasteiger charge is 2.46. The quantitative estimate of drug-likeness (QED) is 0.822. The number of imidazole rings is 1. The van der Waals surface area contributed by atoms with E-state index in [9.17, 15) is 9.90 Å². The Balaban J connectivity index is 1.94. The van der Waals surface area contributed by atoms with Crippen LogP contribution in [0.3, 0.4) is 0 Å². The molecule has 1 fully saturated rings. The SMILES string of the molecule is COc1ccc(C(O)(C(=O)Cn2ccnc2C(C)C)C2CCCC2)cc1. The number of hydrogen-bond donors (Lipinski definition) is 1. The van der Waals surface area contributed by atoms with Gasteiger partial charge in [0.2, 0.25) is 0 Å². The molecule has 1 aliphatic rings. The van der Waals surface area contributed by atoms with Crippen LogP contribution in [0, 0.1) is 5.92 Å². The van der Waals surface area contributed by atoms with Crippen LogP contribution < -0.4 is 4.74 Å². The molecule has 1 aromatic carbocycles. The minimum absolute atomic E-state index is 0.0468. The lowest BCUT2D eigenvalue weighted by molar-refractivity contribution is -0.145. The molecular weight excluding hydrogens is 328 g/mol. The Morgan fingerprint density at radius 2 is 1.96 bits per heavy atom. The molecular formula is C21H28N2O3. The molecule has 0 amide bonds. The van der Waals surface area contributed by atoms with Gasteiger partial charge in [0, 0.05) is 18.3 Å². The summed E-state index contributed by atoms with van der Waals surface area (Å²) in [5.74, 6) is 1.58. The number of rotatable bonds is 7. The lowest BCUT2D eigenvalue weighted by Gasteiger charge is -2.33. The van der Waals surface area contributed by atoms with Crippen LogP contribution in [-0.2, 0) is 16.9 Å². The maximum atomic E-state index is 13.3. The first-order valence-electron chi connectivity index (χ1n) is 9.38. The Labute approximate surface area is 155 Å². The number of methoxy groups -OCH3 is 1. The zero-order valence-corrected chi connectivity index (χ0v) is 15.8. The number of aliphatic hydroxyl groups is 1. The topological polar surface area (TPSA) is 64.3 Å². The van der Waals surface area contributed by atoms with Crippen LogP contribution >= 0.6 is 0 Å². The minimum Gasteiger partial charge on any atom is -0.497 e. The minimum atomic E-state index is -1.47. The number of carbonyl (C=O) groups excluding carboxylic acids is 1. The lowest BCUT2D eigenvalue weighted by atomic mass is 9.77. The van der Waals surface area contributed by atoms with Gasteiger partial charge in [0.05, 0.1) is 13.7 Å². The van der Waals surface area contributed by atoms with E-state index in [1.807, 2.05) is 22.9 Å². The number of ketones is 1. The van der Waals surface area contributed by atoms with Crippen molar-refractivity contribution in [3.05, 3.63) is 48.0 Å². The number of Topliss-reactive ketones (excluding diaryl/α,β-unsaturated/α-hetero) is 1. The molecule has 2 aromatic rings. The van der Waals surface area contributed by atoms with Crippen LogP contribution in [-0.4, -0.2) is 27.6 Å². The number of hydrogen-bond acceptors (Lipinski definition) is 4. The van der Waals surface area contributed by atoms with Crippen molar-refractivity contribution >= 4 is 5.78 Å². The van der Waals surface area contributed by atoms with Crippen molar-refractivity contribution in [1.29, 1.82) is 0 Å². The van der Waals surface area contributed by atoms with E-state index in [1.165, 1.54) is 0 Å². The average Bonchev–Trinajstić information content (AvgIpc) is 3.33. The molecule has 5 heteroatoms. The van der Waals surface area contributed by atoms with Crippen LogP contribution in [0.25, 0.3) is 0 Å². The van der Waals surface area contributed by atoms with E-state index in [4.69, 9.17) is 4.74 Å². The fraction of sp³-hybridized carbons (Fsp3) is 0.524. The summed E-state index contributed by atoms with van der Waals surface area (Å²) in [6.45, 7) is 4.23. The Bertz CT molecular complexity index is 745. The normalized spacial score (nSPS) is 17.4. The number of carbonyl (C=O) groups is 1. The molecule has 5 nitrogen and oxygen atoms in total. The third kappa shape index (κ3) is 3.40. The number of nitrogens with zero attached hydrogens (tertiary/aromatic N) is 2. The molecule has 0 spiro atoms. The summed E-state index contributed by atoms with van der Waals surface area (Å²) in [6.07, 6.45) is 7.38. The summed E-state index contributed by atoms with van der Waals surface area (Å²) in [6, 6.07) is 7.23. The maximum absolute atomic E-state index is 13.3. The zero-order chi connectivity index (χ0) is 18.7. The fourth-order valence-corrected chi connectivity index (χ4v) is 4.04. The van der Waals surface area contributed by atoms with E-state index >= 15 is 0 Å². The predicted molar refractivity (Wildman–Crippen MR) is 100 cm³/mol. The van der Waals surface area contributed by atoms with E-state index in [1.54, 1.807) is 25.4 Å². The van der Waals surface area contributed by atoms with Gasteiger partial charge in [-0.15, -0.1) is 0 Å². The van der Waals surface area contributed by atoms with E-state index in [0.717, 1.165) is 31.5 Å². The second-order valence-electron chi connectivity index (χ2n) is 7.47. The van der Waals surface area contributed by atoms with E-state index in [-0.39, 0.29) is 24.2 Å². The van der Waals surface area contributed by atoms with Crippen molar-refractivity contribution in [3.63, 3.8) is 0 Å². The Kier molecular flexibility index (Phi) is 5.47. The van der Waals surface area contributed by atoms with Gasteiger partial charge in [0.1, 0.15) is 11.6 Å². The summed E-state index contributed by atoms with van der Waals surface area (Å²) in [5.41, 5.74) is -0.817. The van der Waals surface area contributed by atoms with Crippen molar-refractivity contribution in [3.8, 4) is 5.75 Å². The smallest absolute Gasteiger partial charge is 0.188 e. The average molecular weight is 356 g/mol. The Morgan fingerprint density at radius 1 is 1.31 bits per heavy atom. The highest BCUT2D eigenvalue weighted by atomic mass is 16.5. The summed E-state index contributed by atoms with van der Waals surface area (Å²) in [5, 5.41) is 11.6. The van der Waals surface area contributed by atoms with Crippen LogP contribution in [0.1, 0.15) is 56.8 Å². The van der Waals surface area contributed by atoms with Crippen LogP contribution in [0.5, 0.6) is 5.75 Å². The van der Waals surface area contributed by atoms with Gasteiger partial charge in [-0.3, -0.25) is 4.79 Å². The van der Waals surface area contributed by atoms with Crippen LogP contribution in [0.4, 0.5) is 0 Å². The molecule has 1 saturated carbocycles. The third-order valence-corrected chi connectivity index (χ3v) is 5.48. The molecule has 26 heavy (non-hydrogen) atoms. The van der Waals surface area contributed by atoms with Crippen molar-refractivity contribution in [1.82, 2.24) is 9.55 Å². The molecule has 0 radical (unpaired) electrons. The van der Waals surface area contributed by atoms with Gasteiger partial charge in [-0.25, -0.2) is 4.98 Å². The fourth-order valence-electron chi connectivity index (χ4n) is 4.04. The van der Waals surface area contributed by atoms with Gasteiger partial charge in [-0.2, -0.15) is 0 Å². The van der Waals surface area contributed by atoms with Crippen molar-refractivity contribution < 1.29 is 14.6 Å². The largest absolute Gasteiger partial charge is 0.497 e. The van der Waals surface area contributed by atoms with Gasteiger partial charge in [0.25, 0.3) is 0 Å². The number of aromatic nitrogens is 2. The molecule has 1 heterocycles. The summed E-state index contributed by atoms with van der Waals surface area (Å²) in [4.78, 5) is 17.7. The molecule has 0 aliphatic heterocycles. The summed E-state index contributed by atoms with van der Waals surface area (Å²) in [7, 11) is 1.61. The molecule has 1 atom stereocenters. The molecule has 0 bridgehead atoms. The number of ether oxygens (including phenoxy) is 1. The first-order valence-corrected chi connectivity index (χ1v) is 9.38. The second-order valence-corrected chi connectivity index (χ2v) is 7.47. The summed E-state index contributed by atoms with van der Waals surface area (Å²) < 4.78 is 7.07. The Hall–Kier alpha value is -2.14. The van der Waals surface area contributed by atoms with Crippen molar-refractivity contribution in [2.75, 3.05) is 7.11 Å². The zero-order valence-electron chi connectivity index (χ0n) is 15.8. The molecule has 1 aliphatic carbocycles. The standard InChI is InChI=1S/C21H28N2O3/c1-15(2)20-22-12-13-23(20)14-19(24)21(25,16-6-4-5-7-16)17-8-10-18(26-3)11-9-17/h8-13,15-16,25H,4-7,14H2,1-3H3. The van der Waals surface area contributed by atoms with Gasteiger partial charge < -0.3 is 14.4 Å². The van der Waals surface area contributed by atoms with E-state index in [0.29, 0.717) is 11.3 Å². The van der Waals surface area contributed by atoms with Gasteiger partial charge in [0.15, 0.2) is 11.4 Å². The van der Waals surface area contributed by atoms with Crippen LogP contribution in [0.15, 0.2) is 36.7 Å². The summed E-state index contributed by atoms with van der Waals surface area (Å²) >= 11 is 0. The second kappa shape index (κ2) is 7.62. The first kappa shape index (κ1) is 18.6. The van der Waals surface area contributed by atoms with Gasteiger partial charge in [-0.05, 0) is 36.5 Å². The predicted octanol–water partition coefficient (Wildman–Crippen LogP) is 3.66. The monoisotopic (exact) mass is 356 g/mol. The molecule has 1 aromatic heterocycles. The molecule has 3 rings (SSSR count). The highest BCUT2D eigenvalue weighted by molar-refractivity contribution is 5.88. The van der Waals surface area contributed by atoms with E-state index in [2.05, 4.69) is 18.8 Å². The van der Waals surface area contributed by atoms with Crippen molar-refractivity contribution in [2.24, 2.45) is 5.92 Å². The molecule has 1 unspecified atom stereocenters. The number of benzene rings is 1. The lowest BCUT2D eigenvalue weighted by Crippen LogP contribution is -2.44. The highest BCUT2D eigenvalue weighted by Crippen LogP contribution is 2.42. The molecule has 0 saturated heterocycles. The molecule has 1 N–H and O–H groups in total. The maximum Gasteiger partial charge on any atom is 0.188 e. The van der Waals surface area contributed by atoms with Crippen LogP contribution in [0.2, 0.25) is 0 Å². The van der Waals surface area contributed by atoms with Gasteiger partial charge >= 0.3 is 0 Å². The molecule has 140 valence electrons. The first-order chi connectivity index (χ1) is 12.5. The van der Waals surface area contributed by atoms with E-state index < -0.39 is 5.60 Å².